The van der Waals surface area contributed by atoms with Gasteiger partial charge in [0, 0.05) is 12.1 Å². The molecule has 314 valence electrons. The lowest BCUT2D eigenvalue weighted by Gasteiger charge is -2.15. The van der Waals surface area contributed by atoms with Crippen LogP contribution in [0.4, 0.5) is 0 Å². The number of aryl methyl sites for hydroxylation is 2. The Balaban J connectivity index is 0.913. The molecule has 0 atom stereocenters. The SMILES string of the molecule is COc1cc(CC2=CCc3cccc(CCc4ccc(C(=O)O)c(OC(=O)COc5ccc(-c6cccc7c6C(Cc6cc(OC)cc(OC)c6)=CC7)cc5)c4)c32)cc(OC)c1. The zero-order chi connectivity index (χ0) is 43.2. The molecule has 0 saturated heterocycles. The maximum Gasteiger partial charge on any atom is 0.349 e. The van der Waals surface area contributed by atoms with E-state index in [9.17, 15) is 14.7 Å². The van der Waals surface area contributed by atoms with Crippen LogP contribution >= 0.6 is 0 Å². The van der Waals surface area contributed by atoms with Crippen molar-refractivity contribution >= 4 is 23.1 Å². The summed E-state index contributed by atoms with van der Waals surface area (Å²) < 4.78 is 33.5. The molecule has 0 radical (unpaired) electrons. The van der Waals surface area contributed by atoms with Crippen LogP contribution < -0.4 is 28.4 Å². The van der Waals surface area contributed by atoms with Crippen molar-refractivity contribution in [2.45, 2.75) is 38.5 Å². The van der Waals surface area contributed by atoms with Crippen LogP contribution in [0.25, 0.3) is 22.3 Å². The summed E-state index contributed by atoms with van der Waals surface area (Å²) in [5, 5.41) is 9.96. The summed E-state index contributed by atoms with van der Waals surface area (Å²) in [6, 6.07) is 37.1. The van der Waals surface area contributed by atoms with Crippen LogP contribution in [0.2, 0.25) is 0 Å². The lowest BCUT2D eigenvalue weighted by atomic mass is 9.91. The molecule has 0 unspecified atom stereocenters. The maximum absolute atomic E-state index is 13.1. The average molecular weight is 829 g/mol. The molecule has 2 aliphatic rings. The van der Waals surface area contributed by atoms with Crippen molar-refractivity contribution < 1.29 is 43.1 Å². The highest BCUT2D eigenvalue weighted by molar-refractivity contribution is 5.92. The Bertz CT molecular complexity index is 2660. The van der Waals surface area contributed by atoms with Crippen LogP contribution in [0.1, 0.15) is 54.9 Å². The van der Waals surface area contributed by atoms with Gasteiger partial charge in [0.15, 0.2) is 6.61 Å². The molecule has 0 saturated carbocycles. The Labute approximate surface area is 361 Å². The number of hydrogen-bond donors (Lipinski definition) is 1. The number of methoxy groups -OCH3 is 4. The first kappa shape index (κ1) is 41.5. The molecule has 9 heteroatoms. The van der Waals surface area contributed by atoms with Gasteiger partial charge in [0.05, 0.1) is 28.4 Å². The quantitative estimate of drug-likeness (QED) is 0.0710. The predicted octanol–water partition coefficient (Wildman–Crippen LogP) is 10.2. The number of carbonyl (C=O) groups excluding carboxylic acids is 1. The fraction of sp³-hybridized carbons (Fsp3) is 0.208. The lowest BCUT2D eigenvalue weighted by molar-refractivity contribution is -0.136. The van der Waals surface area contributed by atoms with E-state index in [-0.39, 0.29) is 11.3 Å². The van der Waals surface area contributed by atoms with E-state index >= 15 is 0 Å². The van der Waals surface area contributed by atoms with Gasteiger partial charge in [-0.3, -0.25) is 0 Å². The molecular weight excluding hydrogens is 781 g/mol. The second kappa shape index (κ2) is 18.6. The number of allylic oxidation sites excluding steroid dienone is 4. The van der Waals surface area contributed by atoms with Crippen molar-refractivity contribution in [3.8, 4) is 45.6 Å². The summed E-state index contributed by atoms with van der Waals surface area (Å²) in [7, 11) is 6.61. The van der Waals surface area contributed by atoms with Gasteiger partial charge in [-0.15, -0.1) is 0 Å². The Morgan fingerprint density at radius 1 is 0.565 bits per heavy atom. The highest BCUT2D eigenvalue weighted by Gasteiger charge is 2.22. The van der Waals surface area contributed by atoms with E-state index in [4.69, 9.17) is 28.4 Å². The number of fused-ring (bicyclic) bond motifs is 2. The van der Waals surface area contributed by atoms with Crippen molar-refractivity contribution in [3.63, 3.8) is 0 Å². The number of carboxylic acids is 1. The summed E-state index contributed by atoms with van der Waals surface area (Å²) in [5.74, 6) is 1.57. The Kier molecular flexibility index (Phi) is 12.4. The van der Waals surface area contributed by atoms with Crippen molar-refractivity contribution in [2.24, 2.45) is 0 Å². The number of carbonyl (C=O) groups is 2. The van der Waals surface area contributed by atoms with Gasteiger partial charge >= 0.3 is 11.9 Å². The van der Waals surface area contributed by atoms with E-state index in [1.165, 1.54) is 45.0 Å². The molecule has 0 amide bonds. The predicted molar refractivity (Wildman–Crippen MR) is 240 cm³/mol. The largest absolute Gasteiger partial charge is 0.497 e. The molecule has 6 aromatic rings. The first-order valence-electron chi connectivity index (χ1n) is 20.6. The van der Waals surface area contributed by atoms with Crippen LogP contribution in [0.3, 0.4) is 0 Å². The zero-order valence-electron chi connectivity index (χ0n) is 35.3. The Morgan fingerprint density at radius 3 is 1.71 bits per heavy atom. The molecule has 0 bridgehead atoms. The Morgan fingerprint density at radius 2 is 1.13 bits per heavy atom. The highest BCUT2D eigenvalue weighted by atomic mass is 16.6. The second-order valence-corrected chi connectivity index (χ2v) is 15.4. The molecule has 8 rings (SSSR count). The third-order valence-electron chi connectivity index (χ3n) is 11.5. The van der Waals surface area contributed by atoms with Gasteiger partial charge < -0.3 is 33.5 Å². The number of esters is 1. The van der Waals surface area contributed by atoms with E-state index in [2.05, 4.69) is 48.6 Å². The van der Waals surface area contributed by atoms with Crippen LogP contribution in [-0.4, -0.2) is 52.1 Å². The molecule has 1 N–H and O–H groups in total. The fourth-order valence-corrected chi connectivity index (χ4v) is 8.49. The van der Waals surface area contributed by atoms with Gasteiger partial charge in [-0.1, -0.05) is 66.7 Å². The number of rotatable bonds is 17. The molecule has 62 heavy (non-hydrogen) atoms. The first-order chi connectivity index (χ1) is 30.2. The van der Waals surface area contributed by atoms with Crippen LogP contribution in [0.15, 0.2) is 127 Å². The third kappa shape index (κ3) is 9.22. The van der Waals surface area contributed by atoms with Gasteiger partial charge in [-0.05, 0) is 154 Å². The maximum atomic E-state index is 13.1. The molecule has 9 nitrogen and oxygen atoms in total. The lowest BCUT2D eigenvalue weighted by Crippen LogP contribution is -2.19. The van der Waals surface area contributed by atoms with Gasteiger partial charge in [-0.25, -0.2) is 9.59 Å². The molecule has 6 aromatic carbocycles. The van der Waals surface area contributed by atoms with Gasteiger partial charge in [0.2, 0.25) is 0 Å². The number of carboxylic acid groups (broad SMARTS) is 1. The van der Waals surface area contributed by atoms with Crippen LogP contribution in [0.5, 0.6) is 34.5 Å². The average Bonchev–Trinajstić information content (AvgIpc) is 3.91. The summed E-state index contributed by atoms with van der Waals surface area (Å²) >= 11 is 0. The normalized spacial score (nSPS) is 12.5. The van der Waals surface area contributed by atoms with Crippen LogP contribution in [0, 0.1) is 0 Å². The molecule has 2 aliphatic carbocycles. The van der Waals surface area contributed by atoms with E-state index in [0.29, 0.717) is 18.6 Å². The van der Waals surface area contributed by atoms with Gasteiger partial charge in [0.25, 0.3) is 0 Å². The number of ether oxygens (including phenoxy) is 6. The zero-order valence-corrected chi connectivity index (χ0v) is 35.3. The van der Waals surface area contributed by atoms with E-state index < -0.39 is 18.5 Å². The van der Waals surface area contributed by atoms with Crippen molar-refractivity contribution in [2.75, 3.05) is 35.0 Å². The van der Waals surface area contributed by atoms with Crippen molar-refractivity contribution in [1.29, 1.82) is 0 Å². The van der Waals surface area contributed by atoms with E-state index in [1.54, 1.807) is 40.6 Å². The third-order valence-corrected chi connectivity index (χ3v) is 11.5. The summed E-state index contributed by atoms with van der Waals surface area (Å²) in [4.78, 5) is 25.3. The van der Waals surface area contributed by atoms with Crippen molar-refractivity contribution in [1.82, 2.24) is 0 Å². The van der Waals surface area contributed by atoms with Gasteiger partial charge in [-0.2, -0.15) is 0 Å². The summed E-state index contributed by atoms with van der Waals surface area (Å²) in [5.41, 5.74) is 13.7. The fourth-order valence-electron chi connectivity index (χ4n) is 8.49. The smallest absolute Gasteiger partial charge is 0.349 e. The van der Waals surface area contributed by atoms with Crippen LogP contribution in [-0.2, 0) is 43.3 Å². The number of aromatic carboxylic acids is 1. The minimum absolute atomic E-state index is 0.0148. The summed E-state index contributed by atoms with van der Waals surface area (Å²) in [6.45, 7) is -0.398. The minimum atomic E-state index is -1.19. The standard InChI is InChI=1S/C53H48O9/c1-57-43-25-34(26-44(30-43)58-2)23-40-16-14-38-8-5-7-37(51(38)40)13-11-33-12-22-48(53(55)56)49(29-33)62-50(54)32-61-42-20-18-36(19-21-42)47-10-6-9-39-15-17-41(52(39)47)24-35-27-45(59-3)31-46(28-35)60-4/h5-10,12,16-22,25-31H,11,13-15,23-24,32H2,1-4H3,(H,55,56). The highest BCUT2D eigenvalue weighted by Crippen LogP contribution is 2.40. The van der Waals surface area contributed by atoms with Crippen molar-refractivity contribution in [3.05, 3.63) is 177 Å². The molecule has 0 fully saturated rings. The first-order valence-corrected chi connectivity index (χ1v) is 20.6. The molecule has 0 heterocycles. The van der Waals surface area contributed by atoms with Gasteiger partial charge in [0.1, 0.15) is 40.1 Å². The van der Waals surface area contributed by atoms with E-state index in [0.717, 1.165) is 76.5 Å². The summed E-state index contributed by atoms with van der Waals surface area (Å²) in [6.07, 6.45) is 9.04. The molecule has 0 spiro atoms. The topological polar surface area (TPSA) is 110 Å². The monoisotopic (exact) mass is 828 g/mol. The molecule has 0 aromatic heterocycles. The number of benzene rings is 6. The molecule has 0 aliphatic heterocycles. The number of hydrogen-bond acceptors (Lipinski definition) is 8. The van der Waals surface area contributed by atoms with E-state index in [1.807, 2.05) is 60.7 Å². The Hall–Kier alpha value is -7.26. The minimum Gasteiger partial charge on any atom is -0.497 e. The second-order valence-electron chi connectivity index (χ2n) is 15.4. The molecular formula is C53H48O9.